The highest BCUT2D eigenvalue weighted by molar-refractivity contribution is 6.30. The second-order valence-corrected chi connectivity index (χ2v) is 6.46. The van der Waals surface area contributed by atoms with Gasteiger partial charge in [0.05, 0.1) is 29.5 Å². The molecular weight excluding hydrogens is 385 g/mol. The largest absolute Gasteiger partial charge is 0.458 e. The van der Waals surface area contributed by atoms with E-state index in [-0.39, 0.29) is 24.3 Å². The molecule has 10 heteroatoms. The molecule has 2 aromatic rings. The summed E-state index contributed by atoms with van der Waals surface area (Å²) in [7, 11) is 0. The maximum Gasteiger partial charge on any atom is 0.416 e. The summed E-state index contributed by atoms with van der Waals surface area (Å²) in [6, 6.07) is 4.18. The number of anilines is 1. The molecule has 0 unspecified atom stereocenters. The number of carbonyl (C=O) groups is 1. The number of nitrogens with one attached hydrogen (secondary N) is 1. The van der Waals surface area contributed by atoms with Crippen LogP contribution < -0.4 is 10.1 Å². The van der Waals surface area contributed by atoms with E-state index in [4.69, 9.17) is 16.3 Å². The minimum absolute atomic E-state index is 0.0823. The van der Waals surface area contributed by atoms with Gasteiger partial charge in [0.15, 0.2) is 0 Å². The molecule has 27 heavy (non-hydrogen) atoms. The van der Waals surface area contributed by atoms with Crippen molar-refractivity contribution in [1.29, 1.82) is 0 Å². The fraction of sp³-hybridized carbons (Fsp3) is 0.353. The van der Waals surface area contributed by atoms with Gasteiger partial charge in [0.2, 0.25) is 0 Å². The highest BCUT2D eigenvalue weighted by Gasteiger charge is 2.31. The number of nitrogens with zero attached hydrogens (tertiary/aromatic N) is 3. The Balaban J connectivity index is 1.60. The summed E-state index contributed by atoms with van der Waals surface area (Å²) < 4.78 is 44.0. The van der Waals surface area contributed by atoms with Crippen molar-refractivity contribution in [2.24, 2.45) is 0 Å². The van der Waals surface area contributed by atoms with E-state index in [1.165, 1.54) is 29.4 Å². The number of ether oxygens (including phenoxy) is 1. The summed E-state index contributed by atoms with van der Waals surface area (Å²) in [5.74, 6) is 0. The number of amides is 2. The van der Waals surface area contributed by atoms with Crippen molar-refractivity contribution in [2.75, 3.05) is 18.4 Å². The Morgan fingerprint density at radius 3 is 2.74 bits per heavy atom. The molecule has 3 rings (SSSR count). The molecule has 1 atom stereocenters. The van der Waals surface area contributed by atoms with E-state index >= 15 is 0 Å². The Morgan fingerprint density at radius 1 is 1.30 bits per heavy atom. The molecule has 0 saturated carbocycles. The first-order chi connectivity index (χ1) is 12.8. The summed E-state index contributed by atoms with van der Waals surface area (Å²) >= 11 is 5.72. The summed E-state index contributed by atoms with van der Waals surface area (Å²) in [6.45, 7) is 0.753. The Bertz CT molecular complexity index is 802. The Hall–Kier alpha value is -2.55. The Labute approximate surface area is 158 Å². The van der Waals surface area contributed by atoms with Crippen LogP contribution in [0.5, 0.6) is 6.01 Å². The molecule has 2 amide bonds. The molecule has 1 fully saturated rings. The average molecular weight is 401 g/mol. The zero-order valence-electron chi connectivity index (χ0n) is 14.0. The predicted octanol–water partition coefficient (Wildman–Crippen LogP) is 4.22. The summed E-state index contributed by atoms with van der Waals surface area (Å²) in [4.78, 5) is 21.8. The van der Waals surface area contributed by atoms with E-state index in [9.17, 15) is 18.0 Å². The van der Waals surface area contributed by atoms with Gasteiger partial charge < -0.3 is 15.0 Å². The number of benzene rings is 1. The molecule has 0 radical (unpaired) electrons. The third kappa shape index (κ3) is 5.22. The van der Waals surface area contributed by atoms with Gasteiger partial charge in [-0.15, -0.1) is 0 Å². The van der Waals surface area contributed by atoms with Crippen molar-refractivity contribution in [1.82, 2.24) is 14.9 Å². The summed E-state index contributed by atoms with van der Waals surface area (Å²) in [5, 5.41) is 2.88. The fourth-order valence-corrected chi connectivity index (χ4v) is 2.80. The highest BCUT2D eigenvalue weighted by atomic mass is 35.5. The van der Waals surface area contributed by atoms with E-state index in [1.807, 2.05) is 0 Å². The van der Waals surface area contributed by atoms with E-state index in [1.54, 1.807) is 0 Å². The van der Waals surface area contributed by atoms with Crippen LogP contribution in [0.2, 0.25) is 5.02 Å². The molecule has 6 nitrogen and oxygen atoms in total. The molecule has 1 aliphatic rings. The zero-order valence-corrected chi connectivity index (χ0v) is 14.8. The molecule has 1 aliphatic heterocycles. The lowest BCUT2D eigenvalue weighted by Gasteiger charge is -2.32. The Kier molecular flexibility index (Phi) is 5.69. The minimum atomic E-state index is -4.47. The maximum atomic E-state index is 12.8. The molecule has 144 valence electrons. The van der Waals surface area contributed by atoms with Crippen LogP contribution in [0.15, 0.2) is 36.7 Å². The smallest absolute Gasteiger partial charge is 0.416 e. The number of carbonyl (C=O) groups excluding carboxylic acids is 1. The molecule has 1 aromatic heterocycles. The van der Waals surface area contributed by atoms with Gasteiger partial charge in [-0.05, 0) is 31.0 Å². The Morgan fingerprint density at radius 2 is 2.04 bits per heavy atom. The van der Waals surface area contributed by atoms with Gasteiger partial charge in [-0.25, -0.2) is 14.8 Å². The first kappa shape index (κ1) is 19.2. The van der Waals surface area contributed by atoms with Gasteiger partial charge in [-0.3, -0.25) is 0 Å². The van der Waals surface area contributed by atoms with E-state index in [0.29, 0.717) is 24.4 Å². The van der Waals surface area contributed by atoms with Crippen LogP contribution in [0.1, 0.15) is 18.4 Å². The zero-order chi connectivity index (χ0) is 19.4. The van der Waals surface area contributed by atoms with Crippen LogP contribution >= 0.6 is 11.6 Å². The van der Waals surface area contributed by atoms with E-state index in [0.717, 1.165) is 12.1 Å². The maximum absolute atomic E-state index is 12.8. The van der Waals surface area contributed by atoms with E-state index < -0.39 is 17.8 Å². The molecule has 1 aromatic carbocycles. The monoisotopic (exact) mass is 400 g/mol. The summed E-state index contributed by atoms with van der Waals surface area (Å²) in [6.07, 6.45) is -0.570. The lowest BCUT2D eigenvalue weighted by Crippen LogP contribution is -2.46. The van der Waals surface area contributed by atoms with Gasteiger partial charge in [0.25, 0.3) is 0 Å². The molecule has 1 N–H and O–H groups in total. The van der Waals surface area contributed by atoms with Crippen LogP contribution in [-0.4, -0.2) is 40.1 Å². The van der Waals surface area contributed by atoms with Gasteiger partial charge in [0, 0.05) is 12.2 Å². The van der Waals surface area contributed by atoms with Gasteiger partial charge in [-0.2, -0.15) is 13.2 Å². The SMILES string of the molecule is O=C(Nc1cccc(C(F)(F)F)c1)N1CCC[C@@H](Oc2ncc(Cl)cn2)C1. The normalized spacial score (nSPS) is 17.5. The van der Waals surface area contributed by atoms with Crippen molar-refractivity contribution in [3.63, 3.8) is 0 Å². The number of likely N-dealkylation sites (tertiary alicyclic amines) is 1. The lowest BCUT2D eigenvalue weighted by atomic mass is 10.1. The van der Waals surface area contributed by atoms with Crippen LogP contribution in [-0.2, 0) is 6.18 Å². The van der Waals surface area contributed by atoms with Crippen molar-refractivity contribution in [3.8, 4) is 6.01 Å². The molecule has 1 saturated heterocycles. The van der Waals surface area contributed by atoms with Crippen molar-refractivity contribution < 1.29 is 22.7 Å². The number of alkyl halides is 3. The van der Waals surface area contributed by atoms with Gasteiger partial charge in [-0.1, -0.05) is 17.7 Å². The van der Waals surface area contributed by atoms with Crippen LogP contribution in [0.4, 0.5) is 23.7 Å². The highest BCUT2D eigenvalue weighted by Crippen LogP contribution is 2.30. The van der Waals surface area contributed by atoms with E-state index in [2.05, 4.69) is 15.3 Å². The number of piperidine rings is 1. The third-order valence-corrected chi connectivity index (χ3v) is 4.17. The number of halogens is 4. The van der Waals surface area contributed by atoms with Crippen LogP contribution in [0.25, 0.3) is 0 Å². The van der Waals surface area contributed by atoms with Crippen LogP contribution in [0, 0.1) is 0 Å². The second-order valence-electron chi connectivity index (χ2n) is 6.02. The lowest BCUT2D eigenvalue weighted by molar-refractivity contribution is -0.137. The first-order valence-electron chi connectivity index (χ1n) is 8.18. The van der Waals surface area contributed by atoms with Gasteiger partial charge in [0.1, 0.15) is 6.10 Å². The van der Waals surface area contributed by atoms with Crippen molar-refractivity contribution >= 4 is 23.3 Å². The number of urea groups is 1. The average Bonchev–Trinajstić information content (AvgIpc) is 2.63. The molecule has 2 heterocycles. The molecule has 0 bridgehead atoms. The van der Waals surface area contributed by atoms with Crippen molar-refractivity contribution in [3.05, 3.63) is 47.2 Å². The second kappa shape index (κ2) is 7.99. The van der Waals surface area contributed by atoms with Gasteiger partial charge >= 0.3 is 18.2 Å². The summed E-state index contributed by atoms with van der Waals surface area (Å²) in [5.41, 5.74) is -0.737. The predicted molar refractivity (Wildman–Crippen MR) is 92.7 cm³/mol. The number of aromatic nitrogens is 2. The quantitative estimate of drug-likeness (QED) is 0.837. The molecule has 0 aliphatic carbocycles. The molecule has 0 spiro atoms. The minimum Gasteiger partial charge on any atom is -0.458 e. The number of hydrogen-bond acceptors (Lipinski definition) is 4. The first-order valence-corrected chi connectivity index (χ1v) is 8.56. The number of hydrogen-bond donors (Lipinski definition) is 1. The third-order valence-electron chi connectivity index (χ3n) is 3.98. The van der Waals surface area contributed by atoms with Crippen molar-refractivity contribution in [2.45, 2.75) is 25.1 Å². The number of rotatable bonds is 3. The molecular formula is C17H16ClF3N4O2. The fourth-order valence-electron chi connectivity index (χ4n) is 2.71. The standard InChI is InChI=1S/C17H16ClF3N4O2/c18-12-8-22-15(23-9-12)27-14-5-2-6-25(10-14)16(26)24-13-4-1-3-11(7-13)17(19,20)21/h1,3-4,7-9,14H,2,5-6,10H2,(H,24,26)/t14-/m1/s1. The van der Waals surface area contributed by atoms with Crippen LogP contribution in [0.3, 0.4) is 0 Å². The topological polar surface area (TPSA) is 67.4 Å².